The van der Waals surface area contributed by atoms with Crippen molar-refractivity contribution >= 4 is 15.9 Å². The molecule has 2 heterocycles. The first-order valence-corrected chi connectivity index (χ1v) is 7.83. The van der Waals surface area contributed by atoms with Gasteiger partial charge in [0.25, 0.3) is 15.9 Å². The molecule has 22 heavy (non-hydrogen) atoms. The zero-order valence-corrected chi connectivity index (χ0v) is 12.2. The minimum Gasteiger partial charge on any atom is -0.365 e. The van der Waals surface area contributed by atoms with Crippen LogP contribution in [0.2, 0.25) is 0 Å². The van der Waals surface area contributed by atoms with Gasteiger partial charge < -0.3 is 4.74 Å². The van der Waals surface area contributed by atoms with Crippen molar-refractivity contribution in [3.63, 3.8) is 0 Å². The largest absolute Gasteiger partial charge is 0.417 e. The fraction of sp³-hybridized carbons (Fsp3) is 0.500. The summed E-state index contributed by atoms with van der Waals surface area (Å²) in [5.74, 6) is -0.856. The summed E-state index contributed by atoms with van der Waals surface area (Å²) in [6.07, 6.45) is -4.26. The number of rotatable bonds is 3. The Morgan fingerprint density at radius 2 is 2.05 bits per heavy atom. The van der Waals surface area contributed by atoms with Crippen LogP contribution in [-0.2, 0) is 25.7 Å². The molecule has 0 bridgehead atoms. The van der Waals surface area contributed by atoms with Gasteiger partial charge in [-0.15, -0.1) is 0 Å². The highest BCUT2D eigenvalue weighted by Gasteiger charge is 2.33. The van der Waals surface area contributed by atoms with Gasteiger partial charge in [-0.3, -0.25) is 4.79 Å². The van der Waals surface area contributed by atoms with Gasteiger partial charge in [0.2, 0.25) is 0 Å². The molecule has 1 aromatic heterocycles. The number of aromatic nitrogens is 1. The maximum absolute atomic E-state index is 12.4. The van der Waals surface area contributed by atoms with Gasteiger partial charge in [-0.25, -0.2) is 9.71 Å². The molecule has 0 aliphatic carbocycles. The summed E-state index contributed by atoms with van der Waals surface area (Å²) < 4.78 is 68.0. The summed E-state index contributed by atoms with van der Waals surface area (Å²) in [5, 5.41) is -0.667. The standard InChI is InChI=1S/C12H13F3N2O4S/c1-7-2-4-9(21-7)11(18)17-22(19,20)10-5-3-8(6-16-10)12(13,14)15/h3,5-7,9H,2,4H2,1H3,(H,17,18)/t7-,9+/m1/s1. The molecule has 1 saturated heterocycles. The lowest BCUT2D eigenvalue weighted by Crippen LogP contribution is -2.39. The van der Waals surface area contributed by atoms with Crippen LogP contribution in [0.4, 0.5) is 13.2 Å². The molecule has 0 spiro atoms. The molecule has 6 nitrogen and oxygen atoms in total. The predicted molar refractivity (Wildman–Crippen MR) is 68.1 cm³/mol. The average Bonchev–Trinajstić information content (AvgIpc) is 2.84. The van der Waals surface area contributed by atoms with Crippen molar-refractivity contribution in [3.8, 4) is 0 Å². The van der Waals surface area contributed by atoms with Crippen molar-refractivity contribution in [1.29, 1.82) is 0 Å². The lowest BCUT2D eigenvalue weighted by atomic mass is 10.2. The summed E-state index contributed by atoms with van der Waals surface area (Å²) in [6.45, 7) is 1.75. The number of nitrogens with zero attached hydrogens (tertiary/aromatic N) is 1. The van der Waals surface area contributed by atoms with Crippen molar-refractivity contribution < 1.29 is 31.1 Å². The minimum atomic E-state index is -4.62. The number of ether oxygens (including phenoxy) is 1. The quantitative estimate of drug-likeness (QED) is 0.902. The molecule has 2 rings (SSSR count). The molecule has 0 aromatic carbocycles. The number of halogens is 3. The summed E-state index contributed by atoms with van der Waals surface area (Å²) in [4.78, 5) is 15.0. The molecule has 10 heteroatoms. The molecule has 0 unspecified atom stereocenters. The Hall–Kier alpha value is -1.68. The second kappa shape index (κ2) is 5.84. The molecular formula is C12H13F3N2O4S. The number of alkyl halides is 3. The number of carbonyl (C=O) groups is 1. The van der Waals surface area contributed by atoms with E-state index in [2.05, 4.69) is 4.98 Å². The van der Waals surface area contributed by atoms with Gasteiger partial charge in [0.05, 0.1) is 11.7 Å². The fourth-order valence-electron chi connectivity index (χ4n) is 1.95. The van der Waals surface area contributed by atoms with E-state index in [1.165, 1.54) is 0 Å². The van der Waals surface area contributed by atoms with Crippen molar-refractivity contribution in [2.45, 2.75) is 43.2 Å². The van der Waals surface area contributed by atoms with Gasteiger partial charge in [-0.1, -0.05) is 0 Å². The second-order valence-corrected chi connectivity index (χ2v) is 6.49. The third-order valence-electron chi connectivity index (χ3n) is 3.10. The molecular weight excluding hydrogens is 325 g/mol. The fourth-order valence-corrected chi connectivity index (χ4v) is 2.89. The highest BCUT2D eigenvalue weighted by Crippen LogP contribution is 2.28. The van der Waals surface area contributed by atoms with Crippen molar-refractivity contribution in [3.05, 3.63) is 23.9 Å². The van der Waals surface area contributed by atoms with Crippen LogP contribution in [0.3, 0.4) is 0 Å². The van der Waals surface area contributed by atoms with Crippen LogP contribution in [-0.4, -0.2) is 31.5 Å². The van der Waals surface area contributed by atoms with Crippen LogP contribution in [0.1, 0.15) is 25.3 Å². The number of sulfonamides is 1. The SMILES string of the molecule is C[C@@H]1CC[C@@H](C(=O)NS(=O)(=O)c2ccc(C(F)(F)F)cn2)O1. The Bertz CT molecular complexity index is 658. The van der Waals surface area contributed by atoms with E-state index in [1.54, 1.807) is 11.6 Å². The van der Waals surface area contributed by atoms with Crippen LogP contribution in [0.5, 0.6) is 0 Å². The zero-order chi connectivity index (χ0) is 16.5. The van der Waals surface area contributed by atoms with E-state index in [0.717, 1.165) is 0 Å². The summed E-state index contributed by atoms with van der Waals surface area (Å²) in [6, 6.07) is 1.27. The highest BCUT2D eigenvalue weighted by molar-refractivity contribution is 7.90. The van der Waals surface area contributed by atoms with Gasteiger partial charge in [-0.2, -0.15) is 21.6 Å². The molecule has 2 atom stereocenters. The van der Waals surface area contributed by atoms with Gasteiger partial charge in [0.1, 0.15) is 6.10 Å². The molecule has 1 fully saturated rings. The number of hydrogen-bond donors (Lipinski definition) is 1. The third kappa shape index (κ3) is 3.74. The number of carbonyl (C=O) groups excluding carboxylic acids is 1. The van der Waals surface area contributed by atoms with E-state index in [-0.39, 0.29) is 6.10 Å². The maximum atomic E-state index is 12.4. The summed E-state index contributed by atoms with van der Waals surface area (Å²) >= 11 is 0. The number of hydrogen-bond acceptors (Lipinski definition) is 5. The summed E-state index contributed by atoms with van der Waals surface area (Å²) in [5.41, 5.74) is -1.08. The van der Waals surface area contributed by atoms with Gasteiger partial charge in [0.15, 0.2) is 5.03 Å². The van der Waals surface area contributed by atoms with Crippen LogP contribution in [0, 0.1) is 0 Å². The number of amides is 1. The Kier molecular flexibility index (Phi) is 4.43. The van der Waals surface area contributed by atoms with E-state index in [9.17, 15) is 26.4 Å². The van der Waals surface area contributed by atoms with Gasteiger partial charge in [-0.05, 0) is 31.9 Å². The molecule has 1 N–H and O–H groups in total. The first-order chi connectivity index (χ1) is 10.1. The molecule has 1 aromatic rings. The summed E-state index contributed by atoms with van der Waals surface area (Å²) in [7, 11) is -4.33. The number of nitrogens with one attached hydrogen (secondary N) is 1. The average molecular weight is 338 g/mol. The molecule has 0 radical (unpaired) electrons. The van der Waals surface area contributed by atoms with Crippen LogP contribution < -0.4 is 4.72 Å². The Labute approximate surface area is 124 Å². The normalized spacial score (nSPS) is 22.5. The Morgan fingerprint density at radius 3 is 2.50 bits per heavy atom. The zero-order valence-electron chi connectivity index (χ0n) is 11.4. The van der Waals surface area contributed by atoms with Crippen molar-refractivity contribution in [2.24, 2.45) is 0 Å². The molecule has 1 amide bonds. The van der Waals surface area contributed by atoms with Gasteiger partial charge in [0, 0.05) is 6.20 Å². The minimum absolute atomic E-state index is 0.150. The Balaban J connectivity index is 2.12. The maximum Gasteiger partial charge on any atom is 0.417 e. The van der Waals surface area contributed by atoms with Gasteiger partial charge >= 0.3 is 6.18 Å². The van der Waals surface area contributed by atoms with E-state index in [4.69, 9.17) is 4.74 Å². The lowest BCUT2D eigenvalue weighted by molar-refractivity contribution is -0.138. The van der Waals surface area contributed by atoms with E-state index >= 15 is 0 Å². The van der Waals surface area contributed by atoms with Crippen molar-refractivity contribution in [1.82, 2.24) is 9.71 Å². The first kappa shape index (κ1) is 16.7. The number of pyridine rings is 1. The molecule has 0 saturated carbocycles. The second-order valence-electron chi connectivity index (χ2n) is 4.87. The lowest BCUT2D eigenvalue weighted by Gasteiger charge is -2.12. The van der Waals surface area contributed by atoms with E-state index in [1.807, 2.05) is 0 Å². The smallest absolute Gasteiger partial charge is 0.365 e. The molecule has 122 valence electrons. The van der Waals surface area contributed by atoms with Crippen LogP contribution in [0.15, 0.2) is 23.4 Å². The first-order valence-electron chi connectivity index (χ1n) is 6.35. The van der Waals surface area contributed by atoms with Crippen LogP contribution in [0.25, 0.3) is 0 Å². The van der Waals surface area contributed by atoms with Crippen molar-refractivity contribution in [2.75, 3.05) is 0 Å². The highest BCUT2D eigenvalue weighted by atomic mass is 32.2. The third-order valence-corrected chi connectivity index (χ3v) is 4.36. The van der Waals surface area contributed by atoms with Crippen LogP contribution >= 0.6 is 0 Å². The Morgan fingerprint density at radius 1 is 1.36 bits per heavy atom. The predicted octanol–water partition coefficient (Wildman–Crippen LogP) is 1.47. The van der Waals surface area contributed by atoms with E-state index < -0.39 is 38.8 Å². The molecule has 1 aliphatic rings. The monoisotopic (exact) mass is 338 g/mol. The molecule has 1 aliphatic heterocycles. The topological polar surface area (TPSA) is 85.4 Å². The van der Waals surface area contributed by atoms with E-state index in [0.29, 0.717) is 31.2 Å².